The van der Waals surface area contributed by atoms with E-state index in [4.69, 9.17) is 4.74 Å². The van der Waals surface area contributed by atoms with Gasteiger partial charge in [0.1, 0.15) is 5.69 Å². The lowest BCUT2D eigenvalue weighted by atomic mass is 10.0. The van der Waals surface area contributed by atoms with Gasteiger partial charge in [-0.3, -0.25) is 15.0 Å². The van der Waals surface area contributed by atoms with Crippen LogP contribution in [-0.2, 0) is 4.74 Å². The van der Waals surface area contributed by atoms with Gasteiger partial charge in [-0.1, -0.05) is 13.8 Å². The van der Waals surface area contributed by atoms with Gasteiger partial charge in [-0.25, -0.2) is 0 Å². The third-order valence-corrected chi connectivity index (χ3v) is 4.35. The Kier molecular flexibility index (Phi) is 4.21. The third-order valence-electron chi connectivity index (χ3n) is 4.35. The highest BCUT2D eigenvalue weighted by Gasteiger charge is 2.33. The van der Waals surface area contributed by atoms with Crippen LogP contribution >= 0.6 is 0 Å². The summed E-state index contributed by atoms with van der Waals surface area (Å²) in [6, 6.07) is 1.71. The fraction of sp³-hybridized carbons (Fsp3) is 0.562. The van der Waals surface area contributed by atoms with Gasteiger partial charge in [-0.2, -0.15) is 10.2 Å². The minimum Gasteiger partial charge on any atom is -0.377 e. The molecule has 1 fully saturated rings. The molecule has 7 nitrogen and oxygen atoms in total. The predicted octanol–water partition coefficient (Wildman–Crippen LogP) is 2.09. The molecule has 2 aromatic rings. The van der Waals surface area contributed by atoms with Crippen LogP contribution in [0.2, 0.25) is 0 Å². The highest BCUT2D eigenvalue weighted by atomic mass is 16.5. The summed E-state index contributed by atoms with van der Waals surface area (Å²) in [6.45, 7) is 9.63. The quantitative estimate of drug-likeness (QED) is 0.907. The molecule has 0 radical (unpaired) electrons. The van der Waals surface area contributed by atoms with Gasteiger partial charge >= 0.3 is 0 Å². The second kappa shape index (κ2) is 6.16. The van der Waals surface area contributed by atoms with Crippen LogP contribution in [0.3, 0.4) is 0 Å². The van der Waals surface area contributed by atoms with Crippen molar-refractivity contribution in [1.82, 2.24) is 25.3 Å². The minimum atomic E-state index is -0.130. The average Bonchev–Trinajstić information content (AvgIpc) is 3.14. The number of carbonyl (C=O) groups excluding carboxylic acids is 1. The molecule has 7 heteroatoms. The number of rotatable bonds is 3. The number of aromatic nitrogens is 4. The van der Waals surface area contributed by atoms with E-state index >= 15 is 0 Å². The van der Waals surface area contributed by atoms with Gasteiger partial charge in [0.2, 0.25) is 0 Å². The van der Waals surface area contributed by atoms with Crippen molar-refractivity contribution in [1.29, 1.82) is 0 Å². The summed E-state index contributed by atoms with van der Waals surface area (Å²) in [4.78, 5) is 14.8. The van der Waals surface area contributed by atoms with Gasteiger partial charge in [0.05, 0.1) is 24.9 Å². The Morgan fingerprint density at radius 2 is 2.13 bits per heavy atom. The summed E-state index contributed by atoms with van der Waals surface area (Å²) in [5.41, 5.74) is 4.34. The van der Waals surface area contributed by atoms with Crippen LogP contribution in [-0.4, -0.2) is 51.0 Å². The number of aromatic amines is 2. The Morgan fingerprint density at radius 1 is 1.35 bits per heavy atom. The van der Waals surface area contributed by atoms with E-state index in [-0.39, 0.29) is 11.9 Å². The Labute approximate surface area is 135 Å². The molecule has 0 aromatic carbocycles. The van der Waals surface area contributed by atoms with Crippen LogP contribution < -0.4 is 0 Å². The molecule has 3 rings (SSSR count). The lowest BCUT2D eigenvalue weighted by Crippen LogP contribution is -2.44. The molecule has 0 aliphatic carbocycles. The predicted molar refractivity (Wildman–Crippen MR) is 85.3 cm³/mol. The van der Waals surface area contributed by atoms with E-state index in [0.29, 0.717) is 31.4 Å². The van der Waals surface area contributed by atoms with Crippen LogP contribution in [0.15, 0.2) is 6.07 Å². The van der Waals surface area contributed by atoms with Crippen molar-refractivity contribution in [2.75, 3.05) is 19.8 Å². The van der Waals surface area contributed by atoms with Crippen molar-refractivity contribution >= 4 is 5.91 Å². The first kappa shape index (κ1) is 15.7. The lowest BCUT2D eigenvalue weighted by molar-refractivity contribution is -0.00332. The second-order valence-corrected chi connectivity index (χ2v) is 6.30. The number of amides is 1. The summed E-state index contributed by atoms with van der Waals surface area (Å²) >= 11 is 0. The maximum atomic E-state index is 12.9. The van der Waals surface area contributed by atoms with Crippen LogP contribution in [0, 0.1) is 13.8 Å². The zero-order valence-corrected chi connectivity index (χ0v) is 14.0. The van der Waals surface area contributed by atoms with Crippen molar-refractivity contribution < 1.29 is 9.53 Å². The maximum Gasteiger partial charge on any atom is 0.275 e. The smallest absolute Gasteiger partial charge is 0.275 e. The fourth-order valence-corrected chi connectivity index (χ4v) is 3.03. The molecule has 124 valence electrons. The summed E-state index contributed by atoms with van der Waals surface area (Å²) in [7, 11) is 0. The van der Waals surface area contributed by atoms with Crippen LogP contribution in [0.4, 0.5) is 0 Å². The minimum absolute atomic E-state index is 0.0681. The molecule has 1 aliphatic heterocycles. The van der Waals surface area contributed by atoms with Gasteiger partial charge in [-0.05, 0) is 25.8 Å². The molecule has 1 aliphatic rings. The first-order chi connectivity index (χ1) is 11.0. The topological polar surface area (TPSA) is 86.9 Å². The van der Waals surface area contributed by atoms with Gasteiger partial charge in [0.25, 0.3) is 5.91 Å². The van der Waals surface area contributed by atoms with Gasteiger partial charge in [-0.15, -0.1) is 0 Å². The second-order valence-electron chi connectivity index (χ2n) is 6.30. The molecule has 1 amide bonds. The normalized spacial score (nSPS) is 18.7. The Bertz CT molecular complexity index is 684. The van der Waals surface area contributed by atoms with E-state index in [1.165, 1.54) is 0 Å². The number of carbonyl (C=O) groups is 1. The van der Waals surface area contributed by atoms with E-state index < -0.39 is 0 Å². The van der Waals surface area contributed by atoms with E-state index in [2.05, 4.69) is 34.2 Å². The maximum absolute atomic E-state index is 12.9. The first-order valence-electron chi connectivity index (χ1n) is 7.94. The summed E-state index contributed by atoms with van der Waals surface area (Å²) in [6.07, 6.45) is 0. The summed E-state index contributed by atoms with van der Waals surface area (Å²) in [5.74, 6) is 0.240. The number of aryl methyl sites for hydroxylation is 2. The van der Waals surface area contributed by atoms with Gasteiger partial charge < -0.3 is 9.64 Å². The zero-order chi connectivity index (χ0) is 16.6. The standard InChI is InChI=1S/C16H23N5O2/c1-9(2)12-7-13(20-19-12)16(22)21-5-6-23-8-14(21)15-10(3)17-18-11(15)4/h7,9,14H,5-6,8H2,1-4H3,(H,17,18)(H,19,20)/t14-/m0/s1. The van der Waals surface area contributed by atoms with Gasteiger partial charge in [0.15, 0.2) is 0 Å². The molecule has 0 unspecified atom stereocenters. The van der Waals surface area contributed by atoms with Gasteiger partial charge in [0, 0.05) is 23.5 Å². The molecule has 3 heterocycles. The van der Waals surface area contributed by atoms with Crippen LogP contribution in [0.1, 0.15) is 58.9 Å². The van der Waals surface area contributed by atoms with E-state index in [0.717, 1.165) is 22.6 Å². The lowest BCUT2D eigenvalue weighted by Gasteiger charge is -2.35. The fourth-order valence-electron chi connectivity index (χ4n) is 3.03. The molecule has 1 atom stereocenters. The number of nitrogens with one attached hydrogen (secondary N) is 2. The molecular weight excluding hydrogens is 294 g/mol. The molecule has 0 spiro atoms. The Hall–Kier alpha value is -2.15. The van der Waals surface area contributed by atoms with E-state index in [9.17, 15) is 4.79 Å². The SMILES string of the molecule is Cc1n[nH]c(C)c1[C@@H]1COCCN1C(=O)c1cc(C(C)C)[nH]n1. The number of hydrogen-bond donors (Lipinski definition) is 2. The number of hydrogen-bond acceptors (Lipinski definition) is 4. The number of morpholine rings is 1. The largest absolute Gasteiger partial charge is 0.377 e. The Balaban J connectivity index is 1.90. The molecule has 2 N–H and O–H groups in total. The summed E-state index contributed by atoms with van der Waals surface area (Å²) < 4.78 is 5.61. The average molecular weight is 317 g/mol. The van der Waals surface area contributed by atoms with Crippen molar-refractivity contribution in [3.63, 3.8) is 0 Å². The molecule has 0 saturated carbocycles. The van der Waals surface area contributed by atoms with Crippen molar-refractivity contribution in [3.05, 3.63) is 34.4 Å². The molecule has 23 heavy (non-hydrogen) atoms. The van der Waals surface area contributed by atoms with Crippen molar-refractivity contribution in [2.24, 2.45) is 0 Å². The Morgan fingerprint density at radius 3 is 2.74 bits per heavy atom. The van der Waals surface area contributed by atoms with Crippen molar-refractivity contribution in [2.45, 2.75) is 39.7 Å². The monoisotopic (exact) mass is 317 g/mol. The number of nitrogens with zero attached hydrogens (tertiary/aromatic N) is 3. The first-order valence-corrected chi connectivity index (χ1v) is 7.94. The molecule has 2 aromatic heterocycles. The highest BCUT2D eigenvalue weighted by Crippen LogP contribution is 2.29. The highest BCUT2D eigenvalue weighted by molar-refractivity contribution is 5.92. The molecular formula is C16H23N5O2. The number of H-pyrrole nitrogens is 2. The molecule has 0 bridgehead atoms. The number of ether oxygens (including phenoxy) is 1. The molecule has 1 saturated heterocycles. The third kappa shape index (κ3) is 2.88. The zero-order valence-electron chi connectivity index (χ0n) is 14.0. The van der Waals surface area contributed by atoms with E-state index in [1.807, 2.05) is 24.8 Å². The van der Waals surface area contributed by atoms with Crippen molar-refractivity contribution in [3.8, 4) is 0 Å². The van der Waals surface area contributed by atoms with E-state index in [1.54, 1.807) is 0 Å². The summed E-state index contributed by atoms with van der Waals surface area (Å²) in [5, 5.41) is 14.4. The van der Waals surface area contributed by atoms with Crippen LogP contribution in [0.5, 0.6) is 0 Å². The van der Waals surface area contributed by atoms with Crippen LogP contribution in [0.25, 0.3) is 0 Å².